The minimum absolute atomic E-state index is 0.347. The van der Waals surface area contributed by atoms with Crippen LogP contribution in [0.15, 0.2) is 16.8 Å². The zero-order chi connectivity index (χ0) is 12.5. The van der Waals surface area contributed by atoms with Crippen molar-refractivity contribution in [1.29, 1.82) is 0 Å². The van der Waals surface area contributed by atoms with E-state index in [4.69, 9.17) is 0 Å². The Morgan fingerprint density at radius 1 is 1.44 bits per heavy atom. The number of nitrogens with zero attached hydrogens (tertiary/aromatic N) is 1. The van der Waals surface area contributed by atoms with Crippen molar-refractivity contribution in [3.63, 3.8) is 0 Å². The molecule has 2 unspecified atom stereocenters. The van der Waals surface area contributed by atoms with Gasteiger partial charge in [0.2, 0.25) is 0 Å². The van der Waals surface area contributed by atoms with Crippen LogP contribution in [0.4, 0.5) is 0 Å². The highest BCUT2D eigenvalue weighted by Crippen LogP contribution is 2.35. The maximum absolute atomic E-state index is 4.58. The summed E-state index contributed by atoms with van der Waals surface area (Å²) in [4.78, 5) is 6.15. The number of nitrogens with one attached hydrogen (secondary N) is 1. The Hall–Kier alpha value is -0.710. The third-order valence-corrected chi connectivity index (χ3v) is 5.65. The van der Waals surface area contributed by atoms with Crippen LogP contribution in [0, 0.1) is 6.92 Å². The quantitative estimate of drug-likeness (QED) is 0.908. The first-order valence-corrected chi connectivity index (χ1v) is 8.24. The molecular formula is C14H18N2S2. The number of aromatic nitrogens is 1. The van der Waals surface area contributed by atoms with Crippen molar-refractivity contribution in [2.75, 3.05) is 0 Å². The van der Waals surface area contributed by atoms with E-state index in [9.17, 15) is 0 Å². The topological polar surface area (TPSA) is 24.9 Å². The molecule has 0 aromatic carbocycles. The maximum atomic E-state index is 4.58. The van der Waals surface area contributed by atoms with Crippen LogP contribution in [-0.4, -0.2) is 4.98 Å². The van der Waals surface area contributed by atoms with E-state index in [1.165, 1.54) is 29.8 Å². The van der Waals surface area contributed by atoms with Crippen molar-refractivity contribution in [3.05, 3.63) is 38.0 Å². The molecule has 0 aliphatic heterocycles. The Kier molecular flexibility index (Phi) is 3.50. The SMILES string of the molecule is Cc1csc(C(C)NC2CCCc3sccc32)n1. The van der Waals surface area contributed by atoms with Gasteiger partial charge >= 0.3 is 0 Å². The van der Waals surface area contributed by atoms with Gasteiger partial charge in [0.1, 0.15) is 5.01 Å². The molecule has 4 heteroatoms. The average Bonchev–Trinajstić information content (AvgIpc) is 2.97. The number of thiophene rings is 1. The molecule has 18 heavy (non-hydrogen) atoms. The Bertz CT molecular complexity index is 529. The molecule has 2 heterocycles. The zero-order valence-electron chi connectivity index (χ0n) is 10.8. The molecule has 2 nitrogen and oxygen atoms in total. The summed E-state index contributed by atoms with van der Waals surface area (Å²) in [7, 11) is 0. The first kappa shape index (κ1) is 12.3. The van der Waals surface area contributed by atoms with Gasteiger partial charge in [0.15, 0.2) is 0 Å². The molecule has 0 bridgehead atoms. The van der Waals surface area contributed by atoms with Gasteiger partial charge in [-0.1, -0.05) is 0 Å². The van der Waals surface area contributed by atoms with Gasteiger partial charge in [-0.2, -0.15) is 0 Å². The van der Waals surface area contributed by atoms with E-state index in [1.807, 2.05) is 11.3 Å². The van der Waals surface area contributed by atoms with Crippen molar-refractivity contribution in [2.45, 2.75) is 45.2 Å². The molecule has 2 aromatic rings. The van der Waals surface area contributed by atoms with Crippen LogP contribution >= 0.6 is 22.7 Å². The summed E-state index contributed by atoms with van der Waals surface area (Å²) in [6, 6.07) is 3.15. The van der Waals surface area contributed by atoms with Crippen molar-refractivity contribution in [3.8, 4) is 0 Å². The fourth-order valence-corrected chi connectivity index (χ4v) is 4.40. The third-order valence-electron chi connectivity index (χ3n) is 3.51. The van der Waals surface area contributed by atoms with Crippen molar-refractivity contribution in [2.24, 2.45) is 0 Å². The first-order valence-electron chi connectivity index (χ1n) is 6.48. The molecule has 3 rings (SSSR count). The van der Waals surface area contributed by atoms with Crippen molar-refractivity contribution >= 4 is 22.7 Å². The number of hydrogen-bond donors (Lipinski definition) is 1. The van der Waals surface area contributed by atoms with Gasteiger partial charge in [-0.25, -0.2) is 4.98 Å². The van der Waals surface area contributed by atoms with E-state index >= 15 is 0 Å². The lowest BCUT2D eigenvalue weighted by molar-refractivity contribution is 0.417. The number of rotatable bonds is 3. The van der Waals surface area contributed by atoms with E-state index in [2.05, 4.69) is 41.0 Å². The van der Waals surface area contributed by atoms with Gasteiger partial charge in [0.05, 0.1) is 6.04 Å². The Morgan fingerprint density at radius 2 is 2.33 bits per heavy atom. The molecule has 0 saturated carbocycles. The summed E-state index contributed by atoms with van der Waals surface area (Å²) in [6.07, 6.45) is 3.81. The van der Waals surface area contributed by atoms with Gasteiger partial charge < -0.3 is 5.32 Å². The van der Waals surface area contributed by atoms with Crippen LogP contribution in [0.1, 0.15) is 53.0 Å². The van der Waals surface area contributed by atoms with Gasteiger partial charge in [-0.3, -0.25) is 0 Å². The van der Waals surface area contributed by atoms with E-state index in [0.717, 1.165) is 5.69 Å². The van der Waals surface area contributed by atoms with Crippen LogP contribution in [0.25, 0.3) is 0 Å². The van der Waals surface area contributed by atoms with E-state index in [0.29, 0.717) is 12.1 Å². The molecule has 1 N–H and O–H groups in total. The highest BCUT2D eigenvalue weighted by atomic mass is 32.1. The molecule has 0 radical (unpaired) electrons. The van der Waals surface area contributed by atoms with Gasteiger partial charge in [0.25, 0.3) is 0 Å². The second kappa shape index (κ2) is 5.11. The normalized spacial score (nSPS) is 20.7. The largest absolute Gasteiger partial charge is 0.301 e. The van der Waals surface area contributed by atoms with E-state index in [-0.39, 0.29) is 0 Å². The van der Waals surface area contributed by atoms with Crippen LogP contribution in [0.3, 0.4) is 0 Å². The Labute approximate surface area is 116 Å². The number of aryl methyl sites for hydroxylation is 2. The van der Waals surface area contributed by atoms with Crippen molar-refractivity contribution in [1.82, 2.24) is 10.3 Å². The van der Waals surface area contributed by atoms with Crippen LogP contribution in [-0.2, 0) is 6.42 Å². The lowest BCUT2D eigenvalue weighted by Crippen LogP contribution is -2.27. The molecule has 0 saturated heterocycles. The highest BCUT2D eigenvalue weighted by molar-refractivity contribution is 7.10. The summed E-state index contributed by atoms with van der Waals surface area (Å²) in [5.41, 5.74) is 2.65. The minimum atomic E-state index is 0.347. The van der Waals surface area contributed by atoms with E-state index < -0.39 is 0 Å². The van der Waals surface area contributed by atoms with Gasteiger partial charge in [-0.15, -0.1) is 22.7 Å². The highest BCUT2D eigenvalue weighted by Gasteiger charge is 2.23. The molecule has 1 aliphatic carbocycles. The first-order chi connectivity index (χ1) is 8.74. The molecule has 2 atom stereocenters. The van der Waals surface area contributed by atoms with Crippen LogP contribution < -0.4 is 5.32 Å². The van der Waals surface area contributed by atoms with Gasteiger partial charge in [0, 0.05) is 22.0 Å². The standard InChI is InChI=1S/C14H18N2S2/c1-9-8-18-14(15-9)10(2)16-12-4-3-5-13-11(12)6-7-17-13/h6-8,10,12,16H,3-5H2,1-2H3. The molecule has 0 fully saturated rings. The molecule has 2 aromatic heterocycles. The predicted molar refractivity (Wildman–Crippen MR) is 78.4 cm³/mol. The maximum Gasteiger partial charge on any atom is 0.110 e. The molecule has 0 amide bonds. The molecule has 0 spiro atoms. The molecule has 96 valence electrons. The summed E-state index contributed by atoms with van der Waals surface area (Å²) in [5, 5.41) is 9.30. The van der Waals surface area contributed by atoms with E-state index in [1.54, 1.807) is 16.2 Å². The molecular weight excluding hydrogens is 260 g/mol. The number of fused-ring (bicyclic) bond motifs is 1. The number of thiazole rings is 1. The Balaban J connectivity index is 1.74. The van der Waals surface area contributed by atoms with Crippen LogP contribution in [0.2, 0.25) is 0 Å². The summed E-state index contributed by atoms with van der Waals surface area (Å²) in [6.45, 7) is 4.28. The monoisotopic (exact) mass is 278 g/mol. The summed E-state index contributed by atoms with van der Waals surface area (Å²) in [5.74, 6) is 0. The zero-order valence-corrected chi connectivity index (χ0v) is 12.4. The minimum Gasteiger partial charge on any atom is -0.301 e. The lowest BCUT2D eigenvalue weighted by Gasteiger charge is -2.26. The average molecular weight is 278 g/mol. The van der Waals surface area contributed by atoms with Crippen LogP contribution in [0.5, 0.6) is 0 Å². The second-order valence-electron chi connectivity index (χ2n) is 4.96. The second-order valence-corrected chi connectivity index (χ2v) is 6.85. The molecule has 1 aliphatic rings. The Morgan fingerprint density at radius 3 is 3.11 bits per heavy atom. The van der Waals surface area contributed by atoms with Gasteiger partial charge in [-0.05, 0) is 50.1 Å². The fraction of sp³-hybridized carbons (Fsp3) is 0.500. The predicted octanol–water partition coefficient (Wildman–Crippen LogP) is 4.24. The summed E-state index contributed by atoms with van der Waals surface area (Å²) >= 11 is 3.66. The summed E-state index contributed by atoms with van der Waals surface area (Å²) < 4.78 is 0. The fourth-order valence-electron chi connectivity index (χ4n) is 2.60. The third kappa shape index (κ3) is 2.37. The number of hydrogen-bond acceptors (Lipinski definition) is 4. The smallest absolute Gasteiger partial charge is 0.110 e. The van der Waals surface area contributed by atoms with Crippen molar-refractivity contribution < 1.29 is 0 Å². The lowest BCUT2D eigenvalue weighted by atomic mass is 9.93.